The Balaban J connectivity index is 1.91. The normalized spacial score (nSPS) is 16.6. The van der Waals surface area contributed by atoms with Gasteiger partial charge in [0.25, 0.3) is 5.91 Å². The summed E-state index contributed by atoms with van der Waals surface area (Å²) < 4.78 is 14.4. The third-order valence-corrected chi connectivity index (χ3v) is 4.88. The van der Waals surface area contributed by atoms with Crippen molar-refractivity contribution in [3.8, 4) is 0 Å². The number of carbonyl (C=O) groups is 1. The van der Waals surface area contributed by atoms with Crippen LogP contribution in [0.2, 0.25) is 0 Å². The monoisotopic (exact) mass is 393 g/mol. The molecular weight excluding hydrogens is 385 g/mol. The Morgan fingerprint density at radius 3 is 2.36 bits per heavy atom. The largest absolute Gasteiger partial charge is 0.270 e. The van der Waals surface area contributed by atoms with Gasteiger partial charge in [-0.2, -0.15) is 0 Å². The Labute approximate surface area is 145 Å². The van der Waals surface area contributed by atoms with Crippen LogP contribution in [0.5, 0.6) is 0 Å². The molecule has 0 radical (unpaired) electrons. The van der Waals surface area contributed by atoms with Crippen molar-refractivity contribution in [3.63, 3.8) is 0 Å². The number of thioether (sulfide) groups is 1. The molecule has 1 heterocycles. The molecule has 0 atom stereocenters. The topological polar surface area (TPSA) is 20.3 Å². The lowest BCUT2D eigenvalue weighted by atomic mass is 10.2. The molecule has 0 bridgehead atoms. The molecule has 110 valence electrons. The van der Waals surface area contributed by atoms with Crippen molar-refractivity contribution in [2.45, 2.75) is 0 Å². The number of hydrogen-bond acceptors (Lipinski definition) is 3. The van der Waals surface area contributed by atoms with Gasteiger partial charge < -0.3 is 0 Å². The van der Waals surface area contributed by atoms with E-state index in [1.807, 2.05) is 24.3 Å². The average Bonchev–Trinajstić information content (AvgIpc) is 2.77. The van der Waals surface area contributed by atoms with Crippen molar-refractivity contribution in [2.24, 2.45) is 0 Å². The molecule has 2 aromatic rings. The lowest BCUT2D eigenvalue weighted by Crippen LogP contribution is -2.27. The van der Waals surface area contributed by atoms with Gasteiger partial charge in [0, 0.05) is 4.47 Å². The molecule has 6 heteroatoms. The third kappa shape index (κ3) is 3.14. The standard InChI is InChI=1S/C16H9BrFNOS2/c17-11-3-1-10(2-4-11)9-14-15(20)19(16(21)22-14)13-7-5-12(18)6-8-13/h1-9H. The van der Waals surface area contributed by atoms with E-state index in [0.717, 1.165) is 10.0 Å². The molecule has 0 saturated carbocycles. The van der Waals surface area contributed by atoms with Crippen molar-refractivity contribution in [1.29, 1.82) is 0 Å². The summed E-state index contributed by atoms with van der Waals surface area (Å²) in [6.45, 7) is 0. The number of nitrogens with zero attached hydrogens (tertiary/aromatic N) is 1. The van der Waals surface area contributed by atoms with E-state index < -0.39 is 0 Å². The predicted octanol–water partition coefficient (Wildman–Crippen LogP) is 4.99. The van der Waals surface area contributed by atoms with E-state index in [0.29, 0.717) is 14.9 Å². The quantitative estimate of drug-likeness (QED) is 0.529. The van der Waals surface area contributed by atoms with E-state index in [9.17, 15) is 9.18 Å². The van der Waals surface area contributed by atoms with Gasteiger partial charge in [-0.15, -0.1) is 0 Å². The summed E-state index contributed by atoms with van der Waals surface area (Å²) in [5.41, 5.74) is 1.49. The van der Waals surface area contributed by atoms with Gasteiger partial charge in [-0.3, -0.25) is 9.69 Å². The summed E-state index contributed by atoms with van der Waals surface area (Å²) in [5, 5.41) is 0. The van der Waals surface area contributed by atoms with E-state index in [2.05, 4.69) is 15.9 Å². The number of rotatable bonds is 2. The molecule has 1 fully saturated rings. The van der Waals surface area contributed by atoms with Crippen LogP contribution in [0.4, 0.5) is 10.1 Å². The van der Waals surface area contributed by atoms with Crippen molar-refractivity contribution < 1.29 is 9.18 Å². The third-order valence-electron chi connectivity index (χ3n) is 3.05. The van der Waals surface area contributed by atoms with Crippen molar-refractivity contribution in [3.05, 3.63) is 69.3 Å². The van der Waals surface area contributed by atoms with E-state index in [-0.39, 0.29) is 11.7 Å². The van der Waals surface area contributed by atoms with Gasteiger partial charge in [-0.05, 0) is 48.0 Å². The minimum absolute atomic E-state index is 0.190. The highest BCUT2D eigenvalue weighted by atomic mass is 79.9. The first-order valence-electron chi connectivity index (χ1n) is 6.34. The Kier molecular flexibility index (Phi) is 4.42. The fourth-order valence-electron chi connectivity index (χ4n) is 1.99. The highest BCUT2D eigenvalue weighted by molar-refractivity contribution is 9.10. The predicted molar refractivity (Wildman–Crippen MR) is 96.2 cm³/mol. The van der Waals surface area contributed by atoms with Gasteiger partial charge in [0.15, 0.2) is 4.32 Å². The van der Waals surface area contributed by atoms with Gasteiger partial charge in [0.05, 0.1) is 10.6 Å². The van der Waals surface area contributed by atoms with E-state index in [4.69, 9.17) is 12.2 Å². The van der Waals surface area contributed by atoms with Crippen LogP contribution in [-0.2, 0) is 4.79 Å². The smallest absolute Gasteiger partial charge is 0.268 e. The second-order valence-electron chi connectivity index (χ2n) is 4.55. The van der Waals surface area contributed by atoms with Crippen LogP contribution in [0.1, 0.15) is 5.56 Å². The number of halogens is 2. The Bertz CT molecular complexity index is 772. The first-order chi connectivity index (χ1) is 10.5. The second kappa shape index (κ2) is 6.32. The first kappa shape index (κ1) is 15.4. The number of thiocarbonyl (C=S) groups is 1. The van der Waals surface area contributed by atoms with Gasteiger partial charge in [0.2, 0.25) is 0 Å². The summed E-state index contributed by atoms with van der Waals surface area (Å²) in [6, 6.07) is 13.4. The van der Waals surface area contributed by atoms with Crippen molar-refractivity contribution in [2.75, 3.05) is 4.90 Å². The zero-order valence-corrected chi connectivity index (χ0v) is 14.3. The molecular formula is C16H9BrFNOS2. The fraction of sp³-hybridized carbons (Fsp3) is 0. The summed E-state index contributed by atoms with van der Waals surface area (Å²) in [5.74, 6) is -0.538. The number of amides is 1. The van der Waals surface area contributed by atoms with Crippen LogP contribution in [0.3, 0.4) is 0 Å². The van der Waals surface area contributed by atoms with Gasteiger partial charge >= 0.3 is 0 Å². The zero-order chi connectivity index (χ0) is 15.7. The highest BCUT2D eigenvalue weighted by Gasteiger charge is 2.33. The SMILES string of the molecule is O=C1C(=Cc2ccc(Br)cc2)SC(=S)N1c1ccc(F)cc1. The second-order valence-corrected chi connectivity index (χ2v) is 7.14. The molecule has 2 nitrogen and oxygen atoms in total. The number of anilines is 1. The minimum atomic E-state index is -0.348. The van der Waals surface area contributed by atoms with Crippen LogP contribution >= 0.6 is 39.9 Å². The molecule has 0 aliphatic carbocycles. The molecule has 0 unspecified atom stereocenters. The summed E-state index contributed by atoms with van der Waals surface area (Å²) in [4.78, 5) is 14.5. The molecule has 2 aromatic carbocycles. The molecule has 3 rings (SSSR count). The number of carbonyl (C=O) groups excluding carboxylic acids is 1. The Morgan fingerprint density at radius 1 is 1.09 bits per heavy atom. The molecule has 1 amide bonds. The fourth-order valence-corrected chi connectivity index (χ4v) is 3.55. The molecule has 0 aromatic heterocycles. The zero-order valence-electron chi connectivity index (χ0n) is 11.1. The molecule has 22 heavy (non-hydrogen) atoms. The Morgan fingerprint density at radius 2 is 1.73 bits per heavy atom. The van der Waals surface area contributed by atoms with Crippen LogP contribution < -0.4 is 4.90 Å². The molecule has 1 saturated heterocycles. The lowest BCUT2D eigenvalue weighted by Gasteiger charge is -2.14. The highest BCUT2D eigenvalue weighted by Crippen LogP contribution is 2.36. The molecule has 0 spiro atoms. The van der Waals surface area contributed by atoms with E-state index in [1.54, 1.807) is 18.2 Å². The van der Waals surface area contributed by atoms with Crippen LogP contribution in [0.25, 0.3) is 6.08 Å². The van der Waals surface area contributed by atoms with Gasteiger partial charge in [0.1, 0.15) is 5.82 Å². The maximum Gasteiger partial charge on any atom is 0.270 e. The summed E-state index contributed by atoms with van der Waals surface area (Å²) >= 11 is 9.89. The van der Waals surface area contributed by atoms with Crippen LogP contribution in [0, 0.1) is 5.82 Å². The maximum absolute atomic E-state index is 13.0. The summed E-state index contributed by atoms with van der Waals surface area (Å²) in [7, 11) is 0. The van der Waals surface area contributed by atoms with Crippen LogP contribution in [0.15, 0.2) is 57.9 Å². The Hall–Kier alpha value is -1.50. The molecule has 1 aliphatic heterocycles. The summed E-state index contributed by atoms with van der Waals surface area (Å²) in [6.07, 6.45) is 1.80. The number of hydrogen-bond donors (Lipinski definition) is 0. The van der Waals surface area contributed by atoms with E-state index in [1.165, 1.54) is 28.8 Å². The van der Waals surface area contributed by atoms with Crippen molar-refractivity contribution >= 4 is 61.9 Å². The number of benzene rings is 2. The van der Waals surface area contributed by atoms with Gasteiger partial charge in [-0.25, -0.2) is 4.39 Å². The average molecular weight is 394 g/mol. The molecule has 1 aliphatic rings. The lowest BCUT2D eigenvalue weighted by molar-refractivity contribution is -0.113. The maximum atomic E-state index is 13.0. The molecule has 0 N–H and O–H groups in total. The van der Waals surface area contributed by atoms with Crippen LogP contribution in [-0.4, -0.2) is 10.2 Å². The van der Waals surface area contributed by atoms with E-state index >= 15 is 0 Å². The van der Waals surface area contributed by atoms with Crippen molar-refractivity contribution in [1.82, 2.24) is 0 Å². The van der Waals surface area contributed by atoms with Gasteiger partial charge in [-0.1, -0.05) is 52.0 Å². The first-order valence-corrected chi connectivity index (χ1v) is 8.35. The minimum Gasteiger partial charge on any atom is -0.268 e.